The van der Waals surface area contributed by atoms with Crippen molar-refractivity contribution < 1.29 is 14.3 Å². The Morgan fingerprint density at radius 1 is 1.12 bits per heavy atom. The maximum absolute atomic E-state index is 12.7. The van der Waals surface area contributed by atoms with Gasteiger partial charge in [0.15, 0.2) is 11.5 Å². The number of amides is 1. The molecule has 1 aliphatic rings. The summed E-state index contributed by atoms with van der Waals surface area (Å²) in [4.78, 5) is 14.5. The SMILES string of the molecule is CC(C(=O)N(C)CCc1ccc(Br)cc1)c1ccc2c(c1)OCCO2. The van der Waals surface area contributed by atoms with Gasteiger partial charge in [-0.2, -0.15) is 0 Å². The van der Waals surface area contributed by atoms with Gasteiger partial charge in [0, 0.05) is 18.1 Å². The van der Waals surface area contributed by atoms with E-state index in [-0.39, 0.29) is 11.8 Å². The fraction of sp³-hybridized carbons (Fsp3) is 0.350. The number of fused-ring (bicyclic) bond motifs is 1. The smallest absolute Gasteiger partial charge is 0.229 e. The number of rotatable bonds is 5. The van der Waals surface area contributed by atoms with Gasteiger partial charge in [-0.1, -0.05) is 34.1 Å². The third-order valence-corrected chi connectivity index (χ3v) is 4.99. The van der Waals surface area contributed by atoms with Gasteiger partial charge in [-0.05, 0) is 48.7 Å². The number of nitrogens with zero attached hydrogens (tertiary/aromatic N) is 1. The minimum atomic E-state index is -0.217. The highest BCUT2D eigenvalue weighted by atomic mass is 79.9. The topological polar surface area (TPSA) is 38.8 Å². The molecule has 0 spiro atoms. The first kappa shape index (κ1) is 17.8. The number of halogens is 1. The van der Waals surface area contributed by atoms with Crippen LogP contribution in [0.15, 0.2) is 46.9 Å². The summed E-state index contributed by atoms with van der Waals surface area (Å²) in [7, 11) is 1.86. The van der Waals surface area contributed by atoms with Crippen molar-refractivity contribution in [1.82, 2.24) is 4.90 Å². The number of hydrogen-bond donors (Lipinski definition) is 0. The maximum atomic E-state index is 12.7. The molecule has 0 fully saturated rings. The molecular weight excluding hydrogens is 382 g/mol. The molecule has 0 saturated carbocycles. The number of likely N-dealkylation sites (N-methyl/N-ethyl adjacent to an activating group) is 1. The van der Waals surface area contributed by atoms with Crippen molar-refractivity contribution in [2.75, 3.05) is 26.8 Å². The second kappa shape index (κ2) is 7.91. The zero-order valence-corrected chi connectivity index (χ0v) is 16.1. The summed E-state index contributed by atoms with van der Waals surface area (Å²) in [6, 6.07) is 13.9. The van der Waals surface area contributed by atoms with Crippen LogP contribution >= 0.6 is 15.9 Å². The van der Waals surface area contributed by atoms with Gasteiger partial charge in [-0.3, -0.25) is 4.79 Å². The average molecular weight is 404 g/mol. The Morgan fingerprint density at radius 2 is 1.80 bits per heavy atom. The first-order chi connectivity index (χ1) is 12.0. The van der Waals surface area contributed by atoms with Crippen LogP contribution in [0.3, 0.4) is 0 Å². The van der Waals surface area contributed by atoms with Crippen LogP contribution < -0.4 is 9.47 Å². The average Bonchev–Trinajstić information content (AvgIpc) is 2.65. The molecule has 0 N–H and O–H groups in total. The summed E-state index contributed by atoms with van der Waals surface area (Å²) < 4.78 is 12.2. The Balaban J connectivity index is 1.62. The third-order valence-electron chi connectivity index (χ3n) is 4.46. The van der Waals surface area contributed by atoms with Crippen LogP contribution in [-0.4, -0.2) is 37.6 Å². The molecule has 1 atom stereocenters. The van der Waals surface area contributed by atoms with Gasteiger partial charge in [-0.15, -0.1) is 0 Å². The van der Waals surface area contributed by atoms with Crippen molar-refractivity contribution in [3.8, 4) is 11.5 Å². The number of carbonyl (C=O) groups is 1. The Hall–Kier alpha value is -2.01. The zero-order chi connectivity index (χ0) is 17.8. The molecule has 0 aliphatic carbocycles. The van der Waals surface area contributed by atoms with Crippen LogP contribution in [0.1, 0.15) is 24.0 Å². The van der Waals surface area contributed by atoms with Crippen LogP contribution in [-0.2, 0) is 11.2 Å². The second-order valence-electron chi connectivity index (χ2n) is 6.26. The summed E-state index contributed by atoms with van der Waals surface area (Å²) in [5.41, 5.74) is 2.17. The highest BCUT2D eigenvalue weighted by molar-refractivity contribution is 9.10. The Kier molecular flexibility index (Phi) is 5.63. The van der Waals surface area contributed by atoms with E-state index in [4.69, 9.17) is 9.47 Å². The van der Waals surface area contributed by atoms with E-state index in [1.807, 2.05) is 44.3 Å². The van der Waals surface area contributed by atoms with Crippen molar-refractivity contribution in [3.05, 3.63) is 58.1 Å². The van der Waals surface area contributed by atoms with E-state index in [0.29, 0.717) is 19.8 Å². The third kappa shape index (κ3) is 4.34. The van der Waals surface area contributed by atoms with Gasteiger partial charge >= 0.3 is 0 Å². The minimum Gasteiger partial charge on any atom is -0.486 e. The molecule has 0 saturated heterocycles. The van der Waals surface area contributed by atoms with E-state index in [1.54, 1.807) is 4.90 Å². The molecule has 0 radical (unpaired) electrons. The largest absolute Gasteiger partial charge is 0.486 e. The molecule has 0 bridgehead atoms. The molecule has 5 heteroatoms. The van der Waals surface area contributed by atoms with Crippen molar-refractivity contribution in [2.24, 2.45) is 0 Å². The van der Waals surface area contributed by atoms with Crippen molar-refractivity contribution >= 4 is 21.8 Å². The van der Waals surface area contributed by atoms with Gasteiger partial charge in [-0.25, -0.2) is 0 Å². The number of carbonyl (C=O) groups excluding carboxylic acids is 1. The monoisotopic (exact) mass is 403 g/mol. The second-order valence-corrected chi connectivity index (χ2v) is 7.18. The molecule has 3 rings (SSSR count). The van der Waals surface area contributed by atoms with Crippen molar-refractivity contribution in [2.45, 2.75) is 19.3 Å². The van der Waals surface area contributed by atoms with Crippen molar-refractivity contribution in [1.29, 1.82) is 0 Å². The predicted molar refractivity (Wildman–Crippen MR) is 101 cm³/mol. The fourth-order valence-electron chi connectivity index (χ4n) is 2.86. The molecular formula is C20H22BrNO3. The Morgan fingerprint density at radius 3 is 2.52 bits per heavy atom. The molecule has 0 aromatic heterocycles. The lowest BCUT2D eigenvalue weighted by Crippen LogP contribution is -2.32. The molecule has 132 valence electrons. The lowest BCUT2D eigenvalue weighted by molar-refractivity contribution is -0.131. The molecule has 1 unspecified atom stereocenters. The molecule has 2 aromatic carbocycles. The molecule has 4 nitrogen and oxygen atoms in total. The van der Waals surface area contributed by atoms with Crippen LogP contribution in [0, 0.1) is 0 Å². The number of benzene rings is 2. The highest BCUT2D eigenvalue weighted by Crippen LogP contribution is 2.33. The zero-order valence-electron chi connectivity index (χ0n) is 14.5. The molecule has 25 heavy (non-hydrogen) atoms. The van der Waals surface area contributed by atoms with Crippen molar-refractivity contribution in [3.63, 3.8) is 0 Å². The van der Waals surface area contributed by atoms with Gasteiger partial charge in [0.1, 0.15) is 13.2 Å². The van der Waals surface area contributed by atoms with Crippen LogP contribution in [0.5, 0.6) is 11.5 Å². The summed E-state index contributed by atoms with van der Waals surface area (Å²) in [5, 5.41) is 0. The molecule has 1 aliphatic heterocycles. The Bertz CT molecular complexity index is 745. The fourth-order valence-corrected chi connectivity index (χ4v) is 3.12. The lowest BCUT2D eigenvalue weighted by atomic mass is 9.99. The van der Waals surface area contributed by atoms with Gasteiger partial charge in [0.2, 0.25) is 5.91 Å². The van der Waals surface area contributed by atoms with E-state index in [1.165, 1.54) is 5.56 Å². The summed E-state index contributed by atoms with van der Waals surface area (Å²) in [6.07, 6.45) is 0.837. The summed E-state index contributed by atoms with van der Waals surface area (Å²) >= 11 is 3.44. The van der Waals surface area contributed by atoms with E-state index in [2.05, 4.69) is 28.1 Å². The van der Waals surface area contributed by atoms with E-state index in [9.17, 15) is 4.79 Å². The van der Waals surface area contributed by atoms with Crippen LogP contribution in [0.25, 0.3) is 0 Å². The van der Waals surface area contributed by atoms with E-state index < -0.39 is 0 Å². The van der Waals surface area contributed by atoms with Crippen LogP contribution in [0.2, 0.25) is 0 Å². The van der Waals surface area contributed by atoms with Crippen LogP contribution in [0.4, 0.5) is 0 Å². The summed E-state index contributed by atoms with van der Waals surface area (Å²) in [6.45, 7) is 3.74. The predicted octanol–water partition coefficient (Wildman–Crippen LogP) is 4.02. The van der Waals surface area contributed by atoms with E-state index in [0.717, 1.165) is 28.0 Å². The first-order valence-corrected chi connectivity index (χ1v) is 9.23. The molecule has 1 amide bonds. The maximum Gasteiger partial charge on any atom is 0.229 e. The van der Waals surface area contributed by atoms with Gasteiger partial charge < -0.3 is 14.4 Å². The lowest BCUT2D eigenvalue weighted by Gasteiger charge is -2.23. The summed E-state index contributed by atoms with van der Waals surface area (Å²) in [5.74, 6) is 1.36. The quantitative estimate of drug-likeness (QED) is 0.756. The van der Waals surface area contributed by atoms with E-state index >= 15 is 0 Å². The Labute approximate surface area is 156 Å². The van der Waals surface area contributed by atoms with Gasteiger partial charge in [0.25, 0.3) is 0 Å². The normalized spacial score (nSPS) is 14.0. The standard InChI is InChI=1S/C20H22BrNO3/c1-14(16-5-8-18-19(13-16)25-12-11-24-18)20(23)22(2)10-9-15-3-6-17(21)7-4-15/h3-8,13-14H,9-12H2,1-2H3. The minimum absolute atomic E-state index is 0.105. The number of hydrogen-bond acceptors (Lipinski definition) is 3. The van der Waals surface area contributed by atoms with Gasteiger partial charge in [0.05, 0.1) is 5.92 Å². The number of ether oxygens (including phenoxy) is 2. The molecule has 2 aromatic rings. The molecule has 1 heterocycles. The highest BCUT2D eigenvalue weighted by Gasteiger charge is 2.21. The first-order valence-electron chi connectivity index (χ1n) is 8.43.